The second-order valence-corrected chi connectivity index (χ2v) is 0.224. The van der Waals surface area contributed by atoms with Crippen LogP contribution in [0, 0.1) is 22.9 Å². The molecule has 0 amide bonds. The average molecular weight is 209 g/mol. The van der Waals surface area contributed by atoms with Crippen molar-refractivity contribution < 1.29 is 34.1 Å². The molecule has 0 fully saturated rings. The van der Waals surface area contributed by atoms with Crippen LogP contribution in [0.5, 0.6) is 0 Å². The second-order valence-electron chi connectivity index (χ2n) is 0.224. The maximum Gasteiger partial charge on any atom is 1.00 e. The van der Waals surface area contributed by atoms with Gasteiger partial charge in [-0.1, -0.05) is 12.4 Å². The van der Waals surface area contributed by atoms with Gasteiger partial charge in [0.2, 0.25) is 0 Å². The van der Waals surface area contributed by atoms with Crippen molar-refractivity contribution in [2.24, 2.45) is 0 Å². The molecular weight excluding hydrogens is 207 g/mol. The summed E-state index contributed by atoms with van der Waals surface area (Å²) in [4.78, 5) is 0. The molecule has 4 nitrogen and oxygen atoms in total. The molecule has 6 heteroatoms. The Balaban J connectivity index is -0.0000000160. The smallest absolute Gasteiger partial charge is 0.494 e. The van der Waals surface area contributed by atoms with Crippen molar-refractivity contribution in [1.82, 2.24) is 0 Å². The van der Waals surface area contributed by atoms with Gasteiger partial charge in [0.1, 0.15) is 0 Å². The third-order valence-corrected chi connectivity index (χ3v) is 0. The van der Waals surface area contributed by atoms with Crippen molar-refractivity contribution in [3.8, 4) is 12.4 Å². The van der Waals surface area contributed by atoms with E-state index >= 15 is 0 Å². The van der Waals surface area contributed by atoms with Crippen LogP contribution in [0.1, 0.15) is 0 Å². The molecule has 8 heavy (non-hydrogen) atoms. The molecule has 0 aromatic rings. The summed E-state index contributed by atoms with van der Waals surface area (Å²) in [5.41, 5.74) is 11.0. The van der Waals surface area contributed by atoms with E-state index in [4.69, 9.17) is 22.0 Å². The fourth-order valence-electron chi connectivity index (χ4n) is 0. The summed E-state index contributed by atoms with van der Waals surface area (Å²) in [5, 5.41) is 14.0. The molecule has 0 aromatic carbocycles. The van der Waals surface area contributed by atoms with E-state index in [2.05, 4.69) is 0 Å². The van der Waals surface area contributed by atoms with Crippen molar-refractivity contribution >= 4 is 0 Å². The van der Waals surface area contributed by atoms with Gasteiger partial charge in [-0.3, -0.25) is 0 Å². The minimum atomic E-state index is 0. The van der Waals surface area contributed by atoms with E-state index in [1.54, 1.807) is 0 Å². The molecule has 0 heterocycles. The summed E-state index contributed by atoms with van der Waals surface area (Å²) in [6.07, 6.45) is 2.00. The standard InChI is InChI=1S/2CHN2.2Cu/c2*2-1-3;;/h2*2H;;/q2*-1;2*+1. The van der Waals surface area contributed by atoms with Gasteiger partial charge in [0.05, 0.1) is 0 Å². The Kier molecular flexibility index (Phi) is 254. The van der Waals surface area contributed by atoms with Gasteiger partial charge in [0, 0.05) is 0 Å². The minimum absolute atomic E-state index is 0. The number of rotatable bonds is 0. The van der Waals surface area contributed by atoms with E-state index in [0.29, 0.717) is 0 Å². The van der Waals surface area contributed by atoms with Crippen molar-refractivity contribution in [1.29, 1.82) is 10.5 Å². The van der Waals surface area contributed by atoms with E-state index in [-0.39, 0.29) is 34.1 Å². The van der Waals surface area contributed by atoms with Gasteiger partial charge in [0.25, 0.3) is 0 Å². The first-order valence-corrected chi connectivity index (χ1v) is 0.947. The van der Waals surface area contributed by atoms with E-state index in [0.717, 1.165) is 12.4 Å². The van der Waals surface area contributed by atoms with Gasteiger partial charge in [0.15, 0.2) is 0 Å². The molecule has 0 unspecified atom stereocenters. The summed E-state index contributed by atoms with van der Waals surface area (Å²) >= 11 is 0. The Morgan fingerprint density at radius 2 is 0.875 bits per heavy atom. The summed E-state index contributed by atoms with van der Waals surface area (Å²) in [6.45, 7) is 0. The topological polar surface area (TPSA) is 95.2 Å². The van der Waals surface area contributed by atoms with Crippen LogP contribution in [-0.2, 0) is 34.1 Å². The van der Waals surface area contributed by atoms with Gasteiger partial charge in [-0.05, 0) is 0 Å². The van der Waals surface area contributed by atoms with Crippen LogP contribution in [0.3, 0.4) is 0 Å². The van der Waals surface area contributed by atoms with Crippen LogP contribution in [-0.4, -0.2) is 0 Å². The SMILES string of the molecule is N#C[NH-].N#C[NH-].[Cu+].[Cu+]. The molecule has 0 saturated heterocycles. The average Bonchev–Trinajstić information content (AvgIpc) is 1.39. The van der Waals surface area contributed by atoms with Crippen molar-refractivity contribution in [3.05, 3.63) is 11.5 Å². The molecule has 0 saturated carbocycles. The van der Waals surface area contributed by atoms with Crippen LogP contribution >= 0.6 is 0 Å². The molecule has 0 aliphatic carbocycles. The van der Waals surface area contributed by atoms with Crippen LogP contribution in [0.4, 0.5) is 0 Å². The predicted molar refractivity (Wildman–Crippen MR) is 19.9 cm³/mol. The number of nitrogens with zero attached hydrogens (tertiary/aromatic N) is 2. The first-order valence-electron chi connectivity index (χ1n) is 0.947. The monoisotopic (exact) mass is 208 g/mol. The van der Waals surface area contributed by atoms with Crippen molar-refractivity contribution in [3.63, 3.8) is 0 Å². The van der Waals surface area contributed by atoms with Crippen LogP contribution in [0.15, 0.2) is 0 Å². The summed E-state index contributed by atoms with van der Waals surface area (Å²) in [7, 11) is 0. The van der Waals surface area contributed by atoms with E-state index < -0.39 is 0 Å². The molecule has 0 spiro atoms. The molecule has 2 N–H and O–H groups in total. The van der Waals surface area contributed by atoms with Crippen LogP contribution < -0.4 is 0 Å². The Morgan fingerprint density at radius 1 is 0.875 bits per heavy atom. The van der Waals surface area contributed by atoms with Crippen molar-refractivity contribution in [2.45, 2.75) is 0 Å². The maximum absolute atomic E-state index is 6.99. The molecule has 0 aliphatic rings. The van der Waals surface area contributed by atoms with E-state index in [1.165, 1.54) is 0 Å². The van der Waals surface area contributed by atoms with Crippen LogP contribution in [0.2, 0.25) is 0 Å². The Labute approximate surface area is 68.8 Å². The number of nitriles is 2. The quantitative estimate of drug-likeness (QED) is 0.440. The summed E-state index contributed by atoms with van der Waals surface area (Å²) in [5.74, 6) is 0. The van der Waals surface area contributed by atoms with Gasteiger partial charge >= 0.3 is 34.1 Å². The first-order chi connectivity index (χ1) is 2.83. The van der Waals surface area contributed by atoms with E-state index in [9.17, 15) is 0 Å². The van der Waals surface area contributed by atoms with Crippen LogP contribution in [0.25, 0.3) is 11.5 Å². The van der Waals surface area contributed by atoms with Gasteiger partial charge in [-0.25, -0.2) is 0 Å². The third kappa shape index (κ3) is 826. The Hall–Kier alpha value is -0.381. The fourth-order valence-corrected chi connectivity index (χ4v) is 0. The molecule has 0 rings (SSSR count). The number of hydrogen-bond acceptors (Lipinski definition) is 2. The van der Waals surface area contributed by atoms with Gasteiger partial charge in [-0.2, -0.15) is 0 Å². The first kappa shape index (κ1) is 25.5. The Bertz CT molecular complexity index is 67.0. The molecule has 0 bridgehead atoms. The zero-order valence-corrected chi connectivity index (χ0v) is 5.38. The summed E-state index contributed by atoms with van der Waals surface area (Å²) in [6, 6.07) is 0. The van der Waals surface area contributed by atoms with Crippen molar-refractivity contribution in [2.75, 3.05) is 0 Å². The predicted octanol–water partition coefficient (Wildman–Crippen LogP) is 1.03. The number of hydrogen-bond donors (Lipinski definition) is 0. The molecular formula is C2H2Cu2N4. The summed E-state index contributed by atoms with van der Waals surface area (Å²) < 4.78 is 0. The Morgan fingerprint density at radius 3 is 0.875 bits per heavy atom. The second kappa shape index (κ2) is 79.7. The van der Waals surface area contributed by atoms with Gasteiger partial charge < -0.3 is 22.0 Å². The molecule has 0 atom stereocenters. The zero-order chi connectivity index (χ0) is 5.41. The maximum atomic E-state index is 6.99. The zero-order valence-electron chi connectivity index (χ0n) is 3.50. The number of nitrogens with one attached hydrogen (secondary N) is 2. The third-order valence-electron chi connectivity index (χ3n) is 0. The molecule has 0 aromatic heterocycles. The largest absolute Gasteiger partial charge is 1.00 e. The molecule has 52 valence electrons. The molecule has 0 radical (unpaired) electrons. The fraction of sp³-hybridized carbons (Fsp3) is 0. The normalized spacial score (nSPS) is 1.75. The van der Waals surface area contributed by atoms with E-state index in [1.807, 2.05) is 0 Å². The van der Waals surface area contributed by atoms with Gasteiger partial charge in [-0.15, -0.1) is 0 Å². The molecule has 0 aliphatic heterocycles. The minimum Gasteiger partial charge on any atom is -0.494 e.